The average molecular weight is 209 g/mol. The molecule has 1 aromatic rings. The third kappa shape index (κ3) is 2.63. The van der Waals surface area contributed by atoms with Crippen molar-refractivity contribution in [2.45, 2.75) is 0 Å². The van der Waals surface area contributed by atoms with Gasteiger partial charge in [-0.3, -0.25) is 0 Å². The highest BCUT2D eigenvalue weighted by Gasteiger charge is 2.09. The summed E-state index contributed by atoms with van der Waals surface area (Å²) in [7, 11) is 3.00. The SMILES string of the molecule is COc1cc(/C=C/CN)cc(O)c1OC. The molecular weight excluding hydrogens is 194 g/mol. The van der Waals surface area contributed by atoms with Crippen molar-refractivity contribution in [3.05, 3.63) is 23.8 Å². The van der Waals surface area contributed by atoms with Gasteiger partial charge in [0.05, 0.1) is 14.2 Å². The molecule has 0 amide bonds. The number of hydrogen-bond donors (Lipinski definition) is 2. The zero-order chi connectivity index (χ0) is 11.3. The van der Waals surface area contributed by atoms with Crippen LogP contribution in [0, 0.1) is 0 Å². The van der Waals surface area contributed by atoms with Crippen LogP contribution < -0.4 is 15.2 Å². The van der Waals surface area contributed by atoms with Gasteiger partial charge in [-0.1, -0.05) is 12.2 Å². The van der Waals surface area contributed by atoms with E-state index in [0.29, 0.717) is 18.0 Å². The Bertz CT molecular complexity index is 361. The first-order valence-corrected chi connectivity index (χ1v) is 4.54. The predicted octanol–water partition coefficient (Wildman–Crippen LogP) is 1.38. The number of aromatic hydroxyl groups is 1. The van der Waals surface area contributed by atoms with Crippen LogP contribution in [-0.4, -0.2) is 25.9 Å². The molecule has 0 atom stereocenters. The van der Waals surface area contributed by atoms with Gasteiger partial charge in [0.15, 0.2) is 11.5 Å². The van der Waals surface area contributed by atoms with Gasteiger partial charge in [-0.2, -0.15) is 0 Å². The average Bonchev–Trinajstić information content (AvgIpc) is 2.25. The minimum absolute atomic E-state index is 0.0496. The molecule has 0 spiro atoms. The Morgan fingerprint density at radius 3 is 2.60 bits per heavy atom. The molecule has 0 aromatic heterocycles. The largest absolute Gasteiger partial charge is 0.504 e. The molecule has 0 fully saturated rings. The van der Waals surface area contributed by atoms with Crippen LogP contribution in [0.2, 0.25) is 0 Å². The first kappa shape index (κ1) is 11.4. The van der Waals surface area contributed by atoms with Gasteiger partial charge in [-0.05, 0) is 17.7 Å². The molecule has 15 heavy (non-hydrogen) atoms. The highest BCUT2D eigenvalue weighted by molar-refractivity contribution is 5.61. The van der Waals surface area contributed by atoms with Crippen LogP contribution in [0.15, 0.2) is 18.2 Å². The van der Waals surface area contributed by atoms with E-state index in [9.17, 15) is 5.11 Å². The third-order valence-corrected chi connectivity index (χ3v) is 1.93. The summed E-state index contributed by atoms with van der Waals surface area (Å²) in [6.07, 6.45) is 3.60. The predicted molar refractivity (Wildman–Crippen MR) is 59.3 cm³/mol. The van der Waals surface area contributed by atoms with Crippen molar-refractivity contribution >= 4 is 6.08 Å². The fourth-order valence-electron chi connectivity index (χ4n) is 1.27. The number of benzene rings is 1. The van der Waals surface area contributed by atoms with Crippen LogP contribution in [-0.2, 0) is 0 Å². The minimum Gasteiger partial charge on any atom is -0.504 e. The van der Waals surface area contributed by atoms with E-state index in [1.807, 2.05) is 6.08 Å². The smallest absolute Gasteiger partial charge is 0.203 e. The van der Waals surface area contributed by atoms with Crippen LogP contribution in [0.25, 0.3) is 6.08 Å². The highest BCUT2D eigenvalue weighted by atomic mass is 16.5. The first-order chi connectivity index (χ1) is 7.22. The lowest BCUT2D eigenvalue weighted by atomic mass is 10.1. The summed E-state index contributed by atoms with van der Waals surface area (Å²) in [5.74, 6) is 0.880. The normalized spacial score (nSPS) is 10.6. The van der Waals surface area contributed by atoms with Gasteiger partial charge < -0.3 is 20.3 Å². The maximum absolute atomic E-state index is 9.63. The van der Waals surface area contributed by atoms with Crippen molar-refractivity contribution in [3.8, 4) is 17.2 Å². The van der Waals surface area contributed by atoms with Crippen LogP contribution in [0.5, 0.6) is 17.2 Å². The maximum Gasteiger partial charge on any atom is 0.203 e. The van der Waals surface area contributed by atoms with Crippen LogP contribution in [0.1, 0.15) is 5.56 Å². The molecule has 0 aliphatic carbocycles. The Hall–Kier alpha value is -1.68. The fourth-order valence-corrected chi connectivity index (χ4v) is 1.27. The number of phenols is 1. The van der Waals surface area contributed by atoms with Gasteiger partial charge in [0.1, 0.15) is 0 Å². The van der Waals surface area contributed by atoms with E-state index in [1.54, 1.807) is 18.2 Å². The lowest BCUT2D eigenvalue weighted by Gasteiger charge is -2.10. The van der Waals surface area contributed by atoms with Gasteiger partial charge in [0, 0.05) is 6.54 Å². The summed E-state index contributed by atoms with van der Waals surface area (Å²) in [6.45, 7) is 0.453. The van der Waals surface area contributed by atoms with Gasteiger partial charge in [0.25, 0.3) is 0 Å². The van der Waals surface area contributed by atoms with Crippen molar-refractivity contribution in [1.29, 1.82) is 0 Å². The molecule has 0 saturated heterocycles. The zero-order valence-corrected chi connectivity index (χ0v) is 8.86. The number of methoxy groups -OCH3 is 2. The minimum atomic E-state index is 0.0496. The van der Waals surface area contributed by atoms with Crippen molar-refractivity contribution in [2.24, 2.45) is 5.73 Å². The lowest BCUT2D eigenvalue weighted by molar-refractivity contribution is 0.333. The first-order valence-electron chi connectivity index (χ1n) is 4.54. The molecule has 0 saturated carbocycles. The topological polar surface area (TPSA) is 64.7 Å². The quantitative estimate of drug-likeness (QED) is 0.786. The molecule has 4 nitrogen and oxygen atoms in total. The summed E-state index contributed by atoms with van der Waals surface area (Å²) in [4.78, 5) is 0. The van der Waals surface area contributed by atoms with Crippen molar-refractivity contribution in [3.63, 3.8) is 0 Å². The van der Waals surface area contributed by atoms with Crippen LogP contribution >= 0.6 is 0 Å². The zero-order valence-electron chi connectivity index (χ0n) is 8.86. The number of nitrogens with two attached hydrogens (primary N) is 1. The standard InChI is InChI=1S/C11H15NO3/c1-14-10-7-8(4-3-5-12)6-9(13)11(10)15-2/h3-4,6-7,13H,5,12H2,1-2H3/b4-3+. The second-order valence-corrected chi connectivity index (χ2v) is 2.91. The highest BCUT2D eigenvalue weighted by Crippen LogP contribution is 2.37. The van der Waals surface area contributed by atoms with E-state index in [1.165, 1.54) is 14.2 Å². The Balaban J connectivity index is 3.13. The van der Waals surface area contributed by atoms with Crippen LogP contribution in [0.3, 0.4) is 0 Å². The summed E-state index contributed by atoms with van der Waals surface area (Å²) in [6, 6.07) is 3.36. The molecule has 0 aliphatic heterocycles. The molecule has 0 radical (unpaired) electrons. The lowest BCUT2D eigenvalue weighted by Crippen LogP contribution is -1.93. The van der Waals surface area contributed by atoms with E-state index in [4.69, 9.17) is 15.2 Å². The molecule has 0 aliphatic rings. The van der Waals surface area contributed by atoms with E-state index in [-0.39, 0.29) is 5.75 Å². The molecule has 0 bridgehead atoms. The summed E-state index contributed by atoms with van der Waals surface area (Å²) < 4.78 is 10.1. The van der Waals surface area contributed by atoms with Crippen molar-refractivity contribution in [1.82, 2.24) is 0 Å². The van der Waals surface area contributed by atoms with Crippen LogP contribution in [0.4, 0.5) is 0 Å². The van der Waals surface area contributed by atoms with Gasteiger partial charge in [0.2, 0.25) is 5.75 Å². The van der Waals surface area contributed by atoms with E-state index < -0.39 is 0 Å². The van der Waals surface area contributed by atoms with E-state index >= 15 is 0 Å². The van der Waals surface area contributed by atoms with E-state index in [2.05, 4.69) is 0 Å². The second kappa shape index (κ2) is 5.26. The Kier molecular flexibility index (Phi) is 4.00. The summed E-state index contributed by atoms with van der Waals surface area (Å²) in [5.41, 5.74) is 6.15. The fraction of sp³-hybridized carbons (Fsp3) is 0.273. The number of rotatable bonds is 4. The molecule has 0 unspecified atom stereocenters. The number of phenolic OH excluding ortho intramolecular Hbond substituents is 1. The van der Waals surface area contributed by atoms with Gasteiger partial charge >= 0.3 is 0 Å². The Morgan fingerprint density at radius 2 is 2.07 bits per heavy atom. The molecule has 0 heterocycles. The molecule has 1 rings (SSSR count). The molecular formula is C11H15NO3. The molecule has 82 valence electrons. The molecule has 1 aromatic carbocycles. The second-order valence-electron chi connectivity index (χ2n) is 2.91. The van der Waals surface area contributed by atoms with Crippen molar-refractivity contribution in [2.75, 3.05) is 20.8 Å². The third-order valence-electron chi connectivity index (χ3n) is 1.93. The van der Waals surface area contributed by atoms with Gasteiger partial charge in [-0.25, -0.2) is 0 Å². The molecule has 4 heteroatoms. The maximum atomic E-state index is 9.63. The summed E-state index contributed by atoms with van der Waals surface area (Å²) >= 11 is 0. The molecule has 3 N–H and O–H groups in total. The number of ether oxygens (including phenoxy) is 2. The van der Waals surface area contributed by atoms with E-state index in [0.717, 1.165) is 5.56 Å². The summed E-state index contributed by atoms with van der Waals surface area (Å²) in [5, 5.41) is 9.63. The monoisotopic (exact) mass is 209 g/mol. The Labute approximate surface area is 88.9 Å². The Morgan fingerprint density at radius 1 is 1.33 bits per heavy atom. The number of hydrogen-bond acceptors (Lipinski definition) is 4. The van der Waals surface area contributed by atoms with Crippen molar-refractivity contribution < 1.29 is 14.6 Å². The van der Waals surface area contributed by atoms with Gasteiger partial charge in [-0.15, -0.1) is 0 Å².